The Balaban J connectivity index is 2.16. The third kappa shape index (κ3) is 3.23. The highest BCUT2D eigenvalue weighted by atomic mass is 16.5. The molecule has 0 saturated carbocycles. The number of rotatable bonds is 6. The van der Waals surface area contributed by atoms with Crippen LogP contribution in [0.4, 0.5) is 0 Å². The highest BCUT2D eigenvalue weighted by molar-refractivity contribution is 5.84. The van der Waals surface area contributed by atoms with Gasteiger partial charge >= 0.3 is 0 Å². The molecule has 0 atom stereocenters. The summed E-state index contributed by atoms with van der Waals surface area (Å²) in [4.78, 5) is 0. The van der Waals surface area contributed by atoms with E-state index in [2.05, 4.69) is 37.3 Å². The van der Waals surface area contributed by atoms with Crippen LogP contribution >= 0.6 is 0 Å². The van der Waals surface area contributed by atoms with E-state index < -0.39 is 0 Å². The van der Waals surface area contributed by atoms with Crippen molar-refractivity contribution in [1.29, 1.82) is 0 Å². The number of aliphatic hydroxyl groups excluding tert-OH is 1. The summed E-state index contributed by atoms with van der Waals surface area (Å²) in [5.41, 5.74) is 1.17. The van der Waals surface area contributed by atoms with Gasteiger partial charge in [0.1, 0.15) is 5.75 Å². The number of unbranched alkanes of at least 4 members (excludes halogenated alkanes) is 1. The van der Waals surface area contributed by atoms with Crippen LogP contribution in [0.5, 0.6) is 5.75 Å². The second-order valence-electron chi connectivity index (χ2n) is 4.52. The Kier molecular flexibility index (Phi) is 4.59. The van der Waals surface area contributed by atoms with E-state index in [1.54, 1.807) is 0 Å². The molecule has 0 aliphatic carbocycles. The van der Waals surface area contributed by atoms with Crippen molar-refractivity contribution in [3.63, 3.8) is 0 Å². The van der Waals surface area contributed by atoms with Crippen LogP contribution in [0.3, 0.4) is 0 Å². The van der Waals surface area contributed by atoms with Crippen LogP contribution in [0.1, 0.15) is 25.3 Å². The zero-order chi connectivity index (χ0) is 12.8. The summed E-state index contributed by atoms with van der Waals surface area (Å²) in [7, 11) is 0. The fourth-order valence-electron chi connectivity index (χ4n) is 1.98. The van der Waals surface area contributed by atoms with Crippen LogP contribution < -0.4 is 4.74 Å². The van der Waals surface area contributed by atoms with Crippen molar-refractivity contribution >= 4 is 10.8 Å². The Hall–Kier alpha value is -1.54. The second-order valence-corrected chi connectivity index (χ2v) is 4.52. The first-order chi connectivity index (χ1) is 8.83. The van der Waals surface area contributed by atoms with Crippen molar-refractivity contribution < 1.29 is 9.84 Å². The summed E-state index contributed by atoms with van der Waals surface area (Å²) in [5, 5.41) is 11.3. The summed E-state index contributed by atoms with van der Waals surface area (Å²) in [6, 6.07) is 12.5. The topological polar surface area (TPSA) is 29.5 Å². The highest BCUT2D eigenvalue weighted by Crippen LogP contribution is 2.22. The van der Waals surface area contributed by atoms with Gasteiger partial charge in [0.15, 0.2) is 0 Å². The molecule has 96 valence electrons. The Bertz CT molecular complexity index is 505. The SMILES string of the molecule is CCCCOc1ccc2cc(CCO)ccc2c1. The third-order valence-electron chi connectivity index (χ3n) is 3.04. The summed E-state index contributed by atoms with van der Waals surface area (Å²) in [6.45, 7) is 3.14. The number of ether oxygens (including phenoxy) is 1. The maximum Gasteiger partial charge on any atom is 0.119 e. The lowest BCUT2D eigenvalue weighted by atomic mass is 10.1. The van der Waals surface area contributed by atoms with Crippen molar-refractivity contribution in [2.45, 2.75) is 26.2 Å². The molecule has 0 saturated heterocycles. The number of benzene rings is 2. The molecule has 1 N–H and O–H groups in total. The molecule has 0 aromatic heterocycles. The molecule has 2 rings (SSSR count). The van der Waals surface area contributed by atoms with Gasteiger partial charge in [0.05, 0.1) is 6.61 Å². The summed E-state index contributed by atoms with van der Waals surface area (Å²) in [5.74, 6) is 0.936. The van der Waals surface area contributed by atoms with Crippen LogP contribution in [-0.2, 0) is 6.42 Å². The Morgan fingerprint density at radius 3 is 2.61 bits per heavy atom. The molecular weight excluding hydrogens is 224 g/mol. The lowest BCUT2D eigenvalue weighted by Crippen LogP contribution is -1.96. The van der Waals surface area contributed by atoms with E-state index in [9.17, 15) is 0 Å². The molecule has 2 nitrogen and oxygen atoms in total. The normalized spacial score (nSPS) is 10.8. The fourth-order valence-corrected chi connectivity index (χ4v) is 1.98. The molecule has 0 aliphatic heterocycles. The summed E-state index contributed by atoms with van der Waals surface area (Å²) in [6.07, 6.45) is 2.95. The Labute approximate surface area is 108 Å². The van der Waals surface area contributed by atoms with Gasteiger partial charge in [0.25, 0.3) is 0 Å². The minimum atomic E-state index is 0.198. The maximum atomic E-state index is 8.94. The Morgan fingerprint density at radius 1 is 1.06 bits per heavy atom. The molecule has 0 radical (unpaired) electrons. The lowest BCUT2D eigenvalue weighted by Gasteiger charge is -2.07. The first kappa shape index (κ1) is 12.9. The van der Waals surface area contributed by atoms with Crippen molar-refractivity contribution in [1.82, 2.24) is 0 Å². The summed E-state index contributed by atoms with van der Waals surface area (Å²) < 4.78 is 5.69. The average Bonchev–Trinajstić information content (AvgIpc) is 2.39. The Morgan fingerprint density at radius 2 is 1.83 bits per heavy atom. The second kappa shape index (κ2) is 6.41. The van der Waals surface area contributed by atoms with E-state index in [4.69, 9.17) is 9.84 Å². The van der Waals surface area contributed by atoms with Gasteiger partial charge in [-0.25, -0.2) is 0 Å². The van der Waals surface area contributed by atoms with Crippen molar-refractivity contribution in [3.8, 4) is 5.75 Å². The first-order valence-electron chi connectivity index (χ1n) is 6.60. The van der Waals surface area contributed by atoms with Gasteiger partial charge in [-0.3, -0.25) is 0 Å². The fraction of sp³-hybridized carbons (Fsp3) is 0.375. The smallest absolute Gasteiger partial charge is 0.119 e. The lowest BCUT2D eigenvalue weighted by molar-refractivity contribution is 0.299. The average molecular weight is 244 g/mol. The minimum absolute atomic E-state index is 0.198. The molecule has 0 heterocycles. The zero-order valence-electron chi connectivity index (χ0n) is 10.9. The first-order valence-corrected chi connectivity index (χ1v) is 6.60. The number of hydrogen-bond donors (Lipinski definition) is 1. The monoisotopic (exact) mass is 244 g/mol. The van der Waals surface area contributed by atoms with Gasteiger partial charge in [0.2, 0.25) is 0 Å². The van der Waals surface area contributed by atoms with Gasteiger partial charge in [-0.1, -0.05) is 37.6 Å². The molecule has 0 fully saturated rings. The molecule has 2 aromatic carbocycles. The molecule has 2 heteroatoms. The van der Waals surface area contributed by atoms with Crippen molar-refractivity contribution in [3.05, 3.63) is 42.0 Å². The summed E-state index contributed by atoms with van der Waals surface area (Å²) >= 11 is 0. The van der Waals surface area contributed by atoms with Gasteiger partial charge in [0, 0.05) is 6.61 Å². The van der Waals surface area contributed by atoms with E-state index in [0.717, 1.165) is 25.2 Å². The number of aliphatic hydroxyl groups is 1. The molecule has 18 heavy (non-hydrogen) atoms. The van der Waals surface area contributed by atoms with Crippen LogP contribution in [0.25, 0.3) is 10.8 Å². The van der Waals surface area contributed by atoms with Crippen LogP contribution in [0.2, 0.25) is 0 Å². The van der Waals surface area contributed by atoms with E-state index in [0.29, 0.717) is 6.42 Å². The molecule has 0 spiro atoms. The van der Waals surface area contributed by atoms with Gasteiger partial charge in [-0.05, 0) is 41.3 Å². The quantitative estimate of drug-likeness (QED) is 0.787. The zero-order valence-corrected chi connectivity index (χ0v) is 10.9. The van der Waals surface area contributed by atoms with Crippen LogP contribution in [0, 0.1) is 0 Å². The number of fused-ring (bicyclic) bond motifs is 1. The molecule has 0 unspecified atom stereocenters. The predicted molar refractivity (Wildman–Crippen MR) is 75.1 cm³/mol. The van der Waals surface area contributed by atoms with Crippen LogP contribution in [0.15, 0.2) is 36.4 Å². The molecular formula is C16H20O2. The molecule has 0 aliphatic rings. The van der Waals surface area contributed by atoms with Gasteiger partial charge in [-0.2, -0.15) is 0 Å². The third-order valence-corrected chi connectivity index (χ3v) is 3.04. The standard InChI is InChI=1S/C16H20O2/c1-2-3-10-18-16-7-6-14-11-13(8-9-17)4-5-15(14)12-16/h4-7,11-12,17H,2-3,8-10H2,1H3. The molecule has 0 bridgehead atoms. The minimum Gasteiger partial charge on any atom is -0.494 e. The van der Waals surface area contributed by atoms with Gasteiger partial charge < -0.3 is 9.84 Å². The predicted octanol–water partition coefficient (Wildman–Crippen LogP) is 3.55. The van der Waals surface area contributed by atoms with Crippen molar-refractivity contribution in [2.24, 2.45) is 0 Å². The van der Waals surface area contributed by atoms with E-state index >= 15 is 0 Å². The van der Waals surface area contributed by atoms with Crippen molar-refractivity contribution in [2.75, 3.05) is 13.2 Å². The van der Waals surface area contributed by atoms with E-state index in [1.165, 1.54) is 16.3 Å². The largest absolute Gasteiger partial charge is 0.494 e. The maximum absolute atomic E-state index is 8.94. The van der Waals surface area contributed by atoms with E-state index in [-0.39, 0.29) is 6.61 Å². The molecule has 2 aromatic rings. The van der Waals surface area contributed by atoms with Gasteiger partial charge in [-0.15, -0.1) is 0 Å². The van der Waals surface area contributed by atoms with E-state index in [1.807, 2.05) is 6.07 Å². The molecule has 0 amide bonds. The van der Waals surface area contributed by atoms with Crippen LogP contribution in [-0.4, -0.2) is 18.3 Å². The highest BCUT2D eigenvalue weighted by Gasteiger charge is 1.99. The number of hydrogen-bond acceptors (Lipinski definition) is 2.